The number of nitrogens with zero attached hydrogens (tertiary/aromatic N) is 1. The van der Waals surface area contributed by atoms with Gasteiger partial charge in [0.05, 0.1) is 12.1 Å². The molecule has 0 aliphatic carbocycles. The van der Waals surface area contributed by atoms with E-state index in [1.807, 2.05) is 0 Å². The molecule has 12 heavy (non-hydrogen) atoms. The molecule has 1 heterocycles. The van der Waals surface area contributed by atoms with E-state index in [-0.39, 0.29) is 6.61 Å². The highest BCUT2D eigenvalue weighted by molar-refractivity contribution is 5.48. The molecule has 4 nitrogen and oxygen atoms in total. The summed E-state index contributed by atoms with van der Waals surface area (Å²) in [5.74, 6) is 0. The summed E-state index contributed by atoms with van der Waals surface area (Å²) >= 11 is 0. The van der Waals surface area contributed by atoms with Crippen LogP contribution in [0.3, 0.4) is 0 Å². The second-order valence-electron chi connectivity index (χ2n) is 3.04. The van der Waals surface area contributed by atoms with Crippen molar-refractivity contribution in [1.82, 2.24) is 4.98 Å². The van der Waals surface area contributed by atoms with Crippen LogP contribution in [0.15, 0.2) is 18.5 Å². The number of pyridine rings is 1. The highest BCUT2D eigenvalue weighted by Crippen LogP contribution is 2.21. The Labute approximate surface area is 71.2 Å². The van der Waals surface area contributed by atoms with Crippen molar-refractivity contribution >= 4 is 5.69 Å². The zero-order valence-corrected chi connectivity index (χ0v) is 6.99. The first kappa shape index (κ1) is 8.96. The van der Waals surface area contributed by atoms with Crippen molar-refractivity contribution in [1.29, 1.82) is 0 Å². The van der Waals surface area contributed by atoms with Gasteiger partial charge in [0.2, 0.25) is 0 Å². The summed E-state index contributed by atoms with van der Waals surface area (Å²) < 4.78 is 0. The van der Waals surface area contributed by atoms with E-state index in [1.165, 1.54) is 0 Å². The van der Waals surface area contributed by atoms with Gasteiger partial charge in [0.25, 0.3) is 0 Å². The van der Waals surface area contributed by atoms with Crippen molar-refractivity contribution in [2.45, 2.75) is 12.5 Å². The maximum absolute atomic E-state index is 8.96. The average molecular weight is 167 g/mol. The van der Waals surface area contributed by atoms with Crippen LogP contribution < -0.4 is 11.5 Å². The van der Waals surface area contributed by atoms with E-state index in [0.29, 0.717) is 11.3 Å². The predicted molar refractivity (Wildman–Crippen MR) is 47.3 cm³/mol. The minimum atomic E-state index is -0.807. The van der Waals surface area contributed by atoms with Crippen LogP contribution in [-0.2, 0) is 5.54 Å². The lowest BCUT2D eigenvalue weighted by Crippen LogP contribution is -2.37. The van der Waals surface area contributed by atoms with Gasteiger partial charge in [-0.3, -0.25) is 4.98 Å². The smallest absolute Gasteiger partial charge is 0.0651 e. The lowest BCUT2D eigenvalue weighted by Gasteiger charge is -2.23. The Kier molecular flexibility index (Phi) is 2.30. The van der Waals surface area contributed by atoms with Crippen LogP contribution in [0.25, 0.3) is 0 Å². The molecule has 1 rings (SSSR count). The van der Waals surface area contributed by atoms with Crippen molar-refractivity contribution in [3.8, 4) is 0 Å². The summed E-state index contributed by atoms with van der Waals surface area (Å²) in [5.41, 5.74) is 11.8. The Balaban J connectivity index is 3.10. The Morgan fingerprint density at radius 3 is 2.83 bits per heavy atom. The molecule has 0 spiro atoms. The third-order valence-electron chi connectivity index (χ3n) is 1.80. The zero-order valence-electron chi connectivity index (χ0n) is 6.99. The maximum Gasteiger partial charge on any atom is 0.0651 e. The van der Waals surface area contributed by atoms with Crippen LogP contribution in [0.1, 0.15) is 12.5 Å². The molecule has 1 atom stereocenters. The van der Waals surface area contributed by atoms with Crippen LogP contribution in [0, 0.1) is 0 Å². The van der Waals surface area contributed by atoms with Gasteiger partial charge in [0.15, 0.2) is 0 Å². The number of rotatable bonds is 2. The Hall–Kier alpha value is -1.13. The van der Waals surface area contributed by atoms with Gasteiger partial charge < -0.3 is 16.6 Å². The van der Waals surface area contributed by atoms with Gasteiger partial charge in [-0.2, -0.15) is 0 Å². The summed E-state index contributed by atoms with van der Waals surface area (Å²) in [6.07, 6.45) is 3.16. The molecule has 0 aliphatic rings. The van der Waals surface area contributed by atoms with E-state index in [0.717, 1.165) is 0 Å². The summed E-state index contributed by atoms with van der Waals surface area (Å²) in [6, 6.07) is 1.66. The molecule has 0 aromatic carbocycles. The third-order valence-corrected chi connectivity index (χ3v) is 1.80. The second-order valence-corrected chi connectivity index (χ2v) is 3.04. The van der Waals surface area contributed by atoms with Gasteiger partial charge in [-0.15, -0.1) is 0 Å². The molecule has 0 radical (unpaired) electrons. The minimum absolute atomic E-state index is 0.150. The van der Waals surface area contributed by atoms with E-state index in [9.17, 15) is 0 Å². The first-order valence-corrected chi connectivity index (χ1v) is 3.67. The third kappa shape index (κ3) is 1.54. The monoisotopic (exact) mass is 167 g/mol. The molecule has 0 aliphatic heterocycles. The topological polar surface area (TPSA) is 85.2 Å². The lowest BCUT2D eigenvalue weighted by atomic mass is 9.95. The molecule has 1 unspecified atom stereocenters. The maximum atomic E-state index is 8.96. The molecule has 4 heteroatoms. The van der Waals surface area contributed by atoms with Gasteiger partial charge in [0, 0.05) is 23.6 Å². The van der Waals surface area contributed by atoms with E-state index >= 15 is 0 Å². The van der Waals surface area contributed by atoms with Gasteiger partial charge in [-0.05, 0) is 13.0 Å². The molecule has 0 amide bonds. The van der Waals surface area contributed by atoms with Crippen LogP contribution in [0.2, 0.25) is 0 Å². The zero-order chi connectivity index (χ0) is 9.19. The van der Waals surface area contributed by atoms with Crippen LogP contribution in [0.4, 0.5) is 5.69 Å². The molecule has 0 bridgehead atoms. The van der Waals surface area contributed by atoms with E-state index < -0.39 is 5.54 Å². The highest BCUT2D eigenvalue weighted by Gasteiger charge is 2.22. The van der Waals surface area contributed by atoms with Crippen molar-refractivity contribution in [3.05, 3.63) is 24.0 Å². The summed E-state index contributed by atoms with van der Waals surface area (Å²) in [4.78, 5) is 3.89. The molecule has 5 N–H and O–H groups in total. The summed E-state index contributed by atoms with van der Waals surface area (Å²) in [7, 11) is 0. The van der Waals surface area contributed by atoms with E-state index in [1.54, 1.807) is 25.4 Å². The number of aliphatic hydroxyl groups excluding tert-OH is 1. The van der Waals surface area contributed by atoms with Gasteiger partial charge in [0.1, 0.15) is 0 Å². The van der Waals surface area contributed by atoms with Crippen LogP contribution in [0.5, 0.6) is 0 Å². The van der Waals surface area contributed by atoms with Gasteiger partial charge in [-0.25, -0.2) is 0 Å². The molecular formula is C8H13N3O. The Morgan fingerprint density at radius 1 is 1.67 bits per heavy atom. The first-order chi connectivity index (χ1) is 5.58. The number of nitrogens with two attached hydrogens (primary N) is 2. The highest BCUT2D eigenvalue weighted by atomic mass is 16.3. The van der Waals surface area contributed by atoms with E-state index in [4.69, 9.17) is 16.6 Å². The molecule has 0 saturated carbocycles. The number of aromatic nitrogens is 1. The van der Waals surface area contributed by atoms with Crippen molar-refractivity contribution in [2.75, 3.05) is 12.3 Å². The normalized spacial score (nSPS) is 15.6. The van der Waals surface area contributed by atoms with Gasteiger partial charge in [-0.1, -0.05) is 0 Å². The van der Waals surface area contributed by atoms with Crippen LogP contribution in [-0.4, -0.2) is 16.7 Å². The Bertz CT molecular complexity index is 273. The first-order valence-electron chi connectivity index (χ1n) is 3.67. The molecule has 66 valence electrons. The summed E-state index contributed by atoms with van der Waals surface area (Å²) in [6.45, 7) is 1.56. The largest absolute Gasteiger partial charge is 0.398 e. The quantitative estimate of drug-likeness (QED) is 0.571. The number of aliphatic hydroxyl groups is 1. The SMILES string of the molecule is CC(N)(CO)c1cnccc1N. The average Bonchev–Trinajstić information content (AvgIpc) is 2.05. The molecule has 0 fully saturated rings. The van der Waals surface area contributed by atoms with Gasteiger partial charge >= 0.3 is 0 Å². The standard InChI is InChI=1S/C8H13N3O/c1-8(10,5-12)6-4-11-3-2-7(6)9/h2-4,12H,5,10H2,1H3,(H2,9,11). The second kappa shape index (κ2) is 3.08. The fourth-order valence-electron chi connectivity index (χ4n) is 0.968. The number of nitrogen functional groups attached to an aromatic ring is 1. The minimum Gasteiger partial charge on any atom is -0.398 e. The Morgan fingerprint density at radius 2 is 2.33 bits per heavy atom. The van der Waals surface area contributed by atoms with Crippen molar-refractivity contribution in [3.63, 3.8) is 0 Å². The number of anilines is 1. The molecule has 0 saturated heterocycles. The fraction of sp³-hybridized carbons (Fsp3) is 0.375. The lowest BCUT2D eigenvalue weighted by molar-refractivity contribution is 0.210. The van der Waals surface area contributed by atoms with Crippen LogP contribution >= 0.6 is 0 Å². The molecular weight excluding hydrogens is 154 g/mol. The fourth-order valence-corrected chi connectivity index (χ4v) is 0.968. The number of hydrogen-bond acceptors (Lipinski definition) is 4. The van der Waals surface area contributed by atoms with Crippen molar-refractivity contribution < 1.29 is 5.11 Å². The predicted octanol–water partition coefficient (Wildman–Crippen LogP) is -0.170. The molecule has 1 aromatic heterocycles. The summed E-state index contributed by atoms with van der Waals surface area (Å²) in [5, 5.41) is 8.96. The number of hydrogen-bond donors (Lipinski definition) is 3. The van der Waals surface area contributed by atoms with Crippen molar-refractivity contribution in [2.24, 2.45) is 5.73 Å². The van der Waals surface area contributed by atoms with E-state index in [2.05, 4.69) is 4.98 Å². The molecule has 1 aromatic rings.